The fourth-order valence-corrected chi connectivity index (χ4v) is 26.2. The Kier molecular flexibility index (Phi) is 26.5. The number of unbranched alkanes of at least 4 members (excludes halogenated alkanes) is 15. The molecule has 0 atom stereocenters. The first-order valence-corrected chi connectivity index (χ1v) is 29.2. The summed E-state index contributed by atoms with van der Waals surface area (Å²) >= 11 is -3.17. The van der Waals surface area contributed by atoms with Gasteiger partial charge in [0.15, 0.2) is 0 Å². The minimum absolute atomic E-state index is 0.0810. The summed E-state index contributed by atoms with van der Waals surface area (Å²) in [4.78, 5) is 11.7. The van der Waals surface area contributed by atoms with Crippen molar-refractivity contribution in [1.29, 1.82) is 0 Å². The van der Waals surface area contributed by atoms with Crippen LogP contribution in [0.3, 0.4) is 0 Å². The van der Waals surface area contributed by atoms with Crippen LogP contribution in [0.4, 0.5) is 0 Å². The van der Waals surface area contributed by atoms with E-state index in [1.54, 1.807) is 24.4 Å². The molecule has 0 aliphatic carbocycles. The van der Waals surface area contributed by atoms with Crippen molar-refractivity contribution in [2.45, 2.75) is 194 Å². The molecule has 0 unspecified atom stereocenters. The molecule has 42 heavy (non-hydrogen) atoms. The van der Waals surface area contributed by atoms with Crippen LogP contribution in [-0.2, 0) is 14.3 Å². The zero-order valence-corrected chi connectivity index (χ0v) is 34.6. The zero-order chi connectivity index (χ0) is 30.7. The van der Waals surface area contributed by atoms with Crippen LogP contribution in [0, 0.1) is 6.92 Å². The van der Waals surface area contributed by atoms with Gasteiger partial charge in [0.2, 0.25) is 0 Å². The van der Waals surface area contributed by atoms with E-state index in [-0.39, 0.29) is 5.97 Å². The predicted octanol–water partition coefficient (Wildman–Crippen LogP) is 12.0. The van der Waals surface area contributed by atoms with Gasteiger partial charge in [-0.05, 0) is 0 Å². The molecular weight excluding hydrogens is 726 g/mol. The van der Waals surface area contributed by atoms with Crippen LogP contribution in [0.2, 0.25) is 17.7 Å². The molecular formula is C38H70O2Sn2. The van der Waals surface area contributed by atoms with Crippen LogP contribution >= 0.6 is 0 Å². The van der Waals surface area contributed by atoms with E-state index in [2.05, 4.69) is 52.8 Å². The average molecular weight is 796 g/mol. The normalized spacial score (nSPS) is 11.7. The van der Waals surface area contributed by atoms with E-state index in [1.165, 1.54) is 133 Å². The molecule has 0 aromatic heterocycles. The van der Waals surface area contributed by atoms with Gasteiger partial charge in [-0.1, -0.05) is 0 Å². The SMILES string of the molecule is CCC[CH2][Sn][O]C(=O)CCCCCCCCCCCCCCc1cc[c]([Sn]([CH2]CCC)([CH2]CCC)[CH2]CCC)c(C)c1. The van der Waals surface area contributed by atoms with Crippen molar-refractivity contribution in [2.24, 2.45) is 0 Å². The van der Waals surface area contributed by atoms with Gasteiger partial charge in [-0.25, -0.2) is 0 Å². The summed E-state index contributed by atoms with van der Waals surface area (Å²) < 4.78 is 13.2. The van der Waals surface area contributed by atoms with Gasteiger partial charge in [0.25, 0.3) is 0 Å². The van der Waals surface area contributed by atoms with Crippen LogP contribution < -0.4 is 3.58 Å². The number of rotatable bonds is 29. The first kappa shape index (κ1) is 40.3. The van der Waals surface area contributed by atoms with Crippen LogP contribution in [0.5, 0.6) is 0 Å². The number of carbonyl (C=O) groups is 1. The first-order chi connectivity index (χ1) is 20.5. The van der Waals surface area contributed by atoms with Gasteiger partial charge in [0.1, 0.15) is 0 Å². The molecule has 1 aromatic carbocycles. The summed E-state index contributed by atoms with van der Waals surface area (Å²) in [6.07, 6.45) is 28.7. The third-order valence-electron chi connectivity index (χ3n) is 9.30. The van der Waals surface area contributed by atoms with Gasteiger partial charge in [-0.3, -0.25) is 0 Å². The molecule has 0 saturated carbocycles. The van der Waals surface area contributed by atoms with Crippen molar-refractivity contribution in [3.8, 4) is 0 Å². The molecule has 0 spiro atoms. The summed E-state index contributed by atoms with van der Waals surface area (Å²) in [5.41, 5.74) is 3.23. The topological polar surface area (TPSA) is 26.3 Å². The van der Waals surface area contributed by atoms with Crippen molar-refractivity contribution in [3.05, 3.63) is 29.3 Å². The standard InChI is InChI=1S/C22H35O2.4C4H9.2Sn/c1-20-15-14-17-21(19-20)16-12-10-8-6-4-2-3-5-7-9-11-13-18-22(23)24;4*1-3-4-2;;/h14,17,19H,2-13,16,18H2,1H3,(H,23,24);4*1,3-4H2,2H3;;/q;;;;;;+1/p-1. The molecule has 0 bridgehead atoms. The summed E-state index contributed by atoms with van der Waals surface area (Å²) in [6, 6.07) is 7.75. The van der Waals surface area contributed by atoms with E-state index in [0.717, 1.165) is 6.42 Å². The van der Waals surface area contributed by atoms with E-state index >= 15 is 0 Å². The first-order valence-electron chi connectivity index (χ1n) is 18.6. The molecule has 4 heteroatoms. The second-order valence-corrected chi connectivity index (χ2v) is 29.2. The Morgan fingerprint density at radius 3 is 1.60 bits per heavy atom. The van der Waals surface area contributed by atoms with Gasteiger partial charge in [0, 0.05) is 0 Å². The molecule has 242 valence electrons. The average Bonchev–Trinajstić information content (AvgIpc) is 2.99. The molecule has 2 radical (unpaired) electrons. The summed E-state index contributed by atoms with van der Waals surface area (Å²) in [5.74, 6) is 0.0810. The fourth-order valence-electron chi connectivity index (χ4n) is 6.60. The van der Waals surface area contributed by atoms with E-state index in [1.807, 2.05) is 3.58 Å². The van der Waals surface area contributed by atoms with Gasteiger partial charge in [-0.2, -0.15) is 0 Å². The zero-order valence-electron chi connectivity index (χ0n) is 28.9. The van der Waals surface area contributed by atoms with E-state index in [9.17, 15) is 4.79 Å². The number of hydrogen-bond donors (Lipinski definition) is 0. The quantitative estimate of drug-likeness (QED) is 0.0596. The molecule has 2 nitrogen and oxygen atoms in total. The van der Waals surface area contributed by atoms with E-state index < -0.39 is 39.9 Å². The maximum atomic E-state index is 11.7. The van der Waals surface area contributed by atoms with E-state index in [0.29, 0.717) is 6.42 Å². The number of carbonyl (C=O) groups excluding carboxylic acids is 1. The number of benzene rings is 1. The van der Waals surface area contributed by atoms with Crippen molar-refractivity contribution < 1.29 is 7.87 Å². The Hall–Kier alpha value is 0.287. The van der Waals surface area contributed by atoms with Crippen molar-refractivity contribution in [2.75, 3.05) is 0 Å². The van der Waals surface area contributed by atoms with Crippen LogP contribution in [-0.4, -0.2) is 45.9 Å². The van der Waals surface area contributed by atoms with E-state index in [4.69, 9.17) is 3.07 Å². The van der Waals surface area contributed by atoms with Crippen molar-refractivity contribution >= 4 is 49.5 Å². The van der Waals surface area contributed by atoms with Crippen molar-refractivity contribution in [3.63, 3.8) is 0 Å². The summed E-state index contributed by atoms with van der Waals surface area (Å²) in [6.45, 7) is 11.8. The Morgan fingerprint density at radius 2 is 1.12 bits per heavy atom. The molecule has 0 amide bonds. The monoisotopic (exact) mass is 798 g/mol. The molecule has 0 aliphatic heterocycles. The summed E-state index contributed by atoms with van der Waals surface area (Å²) in [7, 11) is 0. The second-order valence-electron chi connectivity index (χ2n) is 13.2. The Labute approximate surface area is 278 Å². The van der Waals surface area contributed by atoms with Crippen LogP contribution in [0.15, 0.2) is 18.2 Å². The van der Waals surface area contributed by atoms with Gasteiger partial charge in [0.05, 0.1) is 0 Å². The molecule has 0 heterocycles. The number of hydrogen-bond acceptors (Lipinski definition) is 2. The molecule has 0 saturated heterocycles. The Balaban J connectivity index is 2.20. The molecule has 0 N–H and O–H groups in total. The minimum atomic E-state index is -2.32. The van der Waals surface area contributed by atoms with Crippen LogP contribution in [0.25, 0.3) is 0 Å². The Bertz CT molecular complexity index is 757. The third kappa shape index (κ3) is 18.9. The fraction of sp³-hybridized carbons (Fsp3) is 0.816. The van der Waals surface area contributed by atoms with Gasteiger partial charge in [-0.15, -0.1) is 0 Å². The molecule has 0 aliphatic rings. The van der Waals surface area contributed by atoms with Crippen molar-refractivity contribution in [1.82, 2.24) is 0 Å². The maximum absolute atomic E-state index is 11.7. The second kappa shape index (κ2) is 27.6. The summed E-state index contributed by atoms with van der Waals surface area (Å²) in [5, 5.41) is 0. The Morgan fingerprint density at radius 1 is 0.643 bits per heavy atom. The van der Waals surface area contributed by atoms with Gasteiger partial charge < -0.3 is 0 Å². The van der Waals surface area contributed by atoms with Crippen LogP contribution in [0.1, 0.15) is 174 Å². The predicted molar refractivity (Wildman–Crippen MR) is 191 cm³/mol. The molecule has 1 aromatic rings. The number of aryl methyl sites for hydroxylation is 2. The third-order valence-corrected chi connectivity index (χ3v) is 28.0. The van der Waals surface area contributed by atoms with Gasteiger partial charge >= 0.3 is 280 Å². The molecule has 1 rings (SSSR count). The molecule has 0 fully saturated rings.